The van der Waals surface area contributed by atoms with E-state index in [0.717, 1.165) is 44.9 Å². The van der Waals surface area contributed by atoms with Gasteiger partial charge in [-0.3, -0.25) is 9.59 Å². The Bertz CT molecular complexity index is 383. The second-order valence-corrected chi connectivity index (χ2v) is 7.00. The Balaban J connectivity index is 2.00. The van der Waals surface area contributed by atoms with E-state index in [1.165, 1.54) is 6.42 Å². The van der Waals surface area contributed by atoms with Crippen LogP contribution in [0.25, 0.3) is 0 Å². The van der Waals surface area contributed by atoms with Crippen LogP contribution >= 0.6 is 0 Å². The number of carbonyl (C=O) groups is 2. The molecule has 2 amide bonds. The minimum atomic E-state index is -0.820. The van der Waals surface area contributed by atoms with Gasteiger partial charge in [0.1, 0.15) is 5.54 Å². The number of nitrogens with one attached hydrogen (secondary N) is 1. The number of rotatable bonds is 5. The molecule has 0 radical (unpaired) electrons. The molecule has 120 valence electrons. The lowest BCUT2D eigenvalue weighted by atomic mass is 9.71. The molecule has 0 atom stereocenters. The van der Waals surface area contributed by atoms with Crippen LogP contribution in [-0.2, 0) is 9.59 Å². The molecule has 5 heteroatoms. The summed E-state index contributed by atoms with van der Waals surface area (Å²) in [6.45, 7) is 0.546. The second-order valence-electron chi connectivity index (χ2n) is 7.00. The average molecular weight is 295 g/mol. The fourth-order valence-corrected chi connectivity index (χ4v) is 3.99. The van der Waals surface area contributed by atoms with Crippen molar-refractivity contribution in [3.8, 4) is 0 Å². The molecule has 0 spiro atoms. The summed E-state index contributed by atoms with van der Waals surface area (Å²) < 4.78 is 0. The van der Waals surface area contributed by atoms with Gasteiger partial charge in [-0.1, -0.05) is 38.5 Å². The maximum atomic E-state index is 12.5. The zero-order valence-electron chi connectivity index (χ0n) is 13.0. The Hall–Kier alpha value is -1.10. The minimum absolute atomic E-state index is 0.0527. The van der Waals surface area contributed by atoms with Crippen LogP contribution in [0.3, 0.4) is 0 Å². The zero-order valence-corrected chi connectivity index (χ0v) is 13.0. The first kappa shape index (κ1) is 16.3. The topological polar surface area (TPSA) is 98.2 Å². The van der Waals surface area contributed by atoms with Crippen LogP contribution < -0.4 is 16.8 Å². The van der Waals surface area contributed by atoms with E-state index in [-0.39, 0.29) is 17.2 Å². The van der Waals surface area contributed by atoms with E-state index in [0.29, 0.717) is 25.8 Å². The number of amides is 2. The molecule has 5 N–H and O–H groups in total. The van der Waals surface area contributed by atoms with Crippen LogP contribution in [0.4, 0.5) is 0 Å². The number of carbonyl (C=O) groups excluding carboxylic acids is 2. The van der Waals surface area contributed by atoms with E-state index in [2.05, 4.69) is 5.32 Å². The van der Waals surface area contributed by atoms with Gasteiger partial charge in [-0.05, 0) is 37.6 Å². The molecule has 2 saturated carbocycles. The van der Waals surface area contributed by atoms with E-state index < -0.39 is 5.54 Å². The van der Waals surface area contributed by atoms with Crippen LogP contribution in [0.5, 0.6) is 0 Å². The molecule has 0 aromatic rings. The summed E-state index contributed by atoms with van der Waals surface area (Å²) in [4.78, 5) is 24.3. The van der Waals surface area contributed by atoms with Gasteiger partial charge in [0.2, 0.25) is 11.8 Å². The smallest absolute Gasteiger partial charge is 0.243 e. The number of primary amides is 1. The molecular weight excluding hydrogens is 266 g/mol. The van der Waals surface area contributed by atoms with Gasteiger partial charge >= 0.3 is 0 Å². The van der Waals surface area contributed by atoms with Crippen LogP contribution in [0, 0.1) is 5.41 Å². The van der Waals surface area contributed by atoms with Gasteiger partial charge in [0, 0.05) is 6.42 Å². The fourth-order valence-electron chi connectivity index (χ4n) is 3.99. The largest absolute Gasteiger partial charge is 0.368 e. The number of hydrogen-bond acceptors (Lipinski definition) is 3. The maximum Gasteiger partial charge on any atom is 0.243 e. The van der Waals surface area contributed by atoms with Crippen LogP contribution in [-0.4, -0.2) is 23.9 Å². The first-order valence-corrected chi connectivity index (χ1v) is 8.33. The SMILES string of the molecule is NCC1(CC(=O)NC2(C(N)=O)CCCCC2)CCCCC1. The Morgan fingerprint density at radius 2 is 1.43 bits per heavy atom. The third kappa shape index (κ3) is 3.76. The molecule has 0 bridgehead atoms. The summed E-state index contributed by atoms with van der Waals surface area (Å²) in [5.41, 5.74) is 10.6. The van der Waals surface area contributed by atoms with E-state index in [1.807, 2.05) is 0 Å². The molecular formula is C16H29N3O2. The normalized spacial score (nSPS) is 24.2. The van der Waals surface area contributed by atoms with Crippen molar-refractivity contribution < 1.29 is 9.59 Å². The van der Waals surface area contributed by atoms with E-state index in [4.69, 9.17) is 11.5 Å². The van der Waals surface area contributed by atoms with Gasteiger partial charge in [0.15, 0.2) is 0 Å². The Morgan fingerprint density at radius 1 is 0.905 bits per heavy atom. The van der Waals surface area contributed by atoms with Crippen LogP contribution in [0.2, 0.25) is 0 Å². The lowest BCUT2D eigenvalue weighted by Gasteiger charge is -2.39. The van der Waals surface area contributed by atoms with E-state index in [1.54, 1.807) is 0 Å². The van der Waals surface area contributed by atoms with E-state index >= 15 is 0 Å². The molecule has 2 fully saturated rings. The van der Waals surface area contributed by atoms with Gasteiger partial charge in [0.05, 0.1) is 0 Å². The summed E-state index contributed by atoms with van der Waals surface area (Å²) in [7, 11) is 0. The summed E-state index contributed by atoms with van der Waals surface area (Å²) in [5.74, 6) is -0.441. The Morgan fingerprint density at radius 3 is 1.90 bits per heavy atom. The van der Waals surface area contributed by atoms with Crippen LogP contribution in [0.1, 0.15) is 70.6 Å². The molecule has 0 aromatic heterocycles. The first-order valence-electron chi connectivity index (χ1n) is 8.33. The minimum Gasteiger partial charge on any atom is -0.368 e. The highest BCUT2D eigenvalue weighted by atomic mass is 16.2. The summed E-state index contributed by atoms with van der Waals surface area (Å²) >= 11 is 0. The summed E-state index contributed by atoms with van der Waals surface area (Å²) in [5, 5.41) is 2.97. The lowest BCUT2D eigenvalue weighted by molar-refractivity contribution is -0.134. The molecule has 0 aliphatic heterocycles. The summed E-state index contributed by atoms with van der Waals surface area (Å²) in [6, 6.07) is 0. The highest BCUT2D eigenvalue weighted by Gasteiger charge is 2.41. The predicted octanol–water partition coefficient (Wildman–Crippen LogP) is 1.59. The molecule has 21 heavy (non-hydrogen) atoms. The highest BCUT2D eigenvalue weighted by molar-refractivity contribution is 5.90. The van der Waals surface area contributed by atoms with Crippen molar-refractivity contribution in [3.63, 3.8) is 0 Å². The van der Waals surface area contributed by atoms with Crippen molar-refractivity contribution in [2.75, 3.05) is 6.54 Å². The maximum absolute atomic E-state index is 12.5. The van der Waals surface area contributed by atoms with Gasteiger partial charge in [-0.2, -0.15) is 0 Å². The number of hydrogen-bond donors (Lipinski definition) is 3. The molecule has 5 nitrogen and oxygen atoms in total. The zero-order chi connectivity index (χ0) is 15.3. The molecule has 2 aliphatic carbocycles. The molecule has 2 aliphatic rings. The van der Waals surface area contributed by atoms with Gasteiger partial charge < -0.3 is 16.8 Å². The molecule has 2 rings (SSSR count). The Kier molecular flexibility index (Phi) is 5.25. The van der Waals surface area contributed by atoms with Crippen molar-refractivity contribution in [1.82, 2.24) is 5.32 Å². The third-order valence-corrected chi connectivity index (χ3v) is 5.44. The predicted molar refractivity (Wildman–Crippen MR) is 82.3 cm³/mol. The highest BCUT2D eigenvalue weighted by Crippen LogP contribution is 2.38. The second kappa shape index (κ2) is 6.77. The van der Waals surface area contributed by atoms with Crippen molar-refractivity contribution in [3.05, 3.63) is 0 Å². The summed E-state index contributed by atoms with van der Waals surface area (Å²) in [6.07, 6.45) is 10.3. The molecule has 0 saturated heterocycles. The fraction of sp³-hybridized carbons (Fsp3) is 0.875. The van der Waals surface area contributed by atoms with Crippen molar-refractivity contribution in [2.45, 2.75) is 76.2 Å². The van der Waals surface area contributed by atoms with Crippen molar-refractivity contribution >= 4 is 11.8 Å². The van der Waals surface area contributed by atoms with Crippen molar-refractivity contribution in [1.29, 1.82) is 0 Å². The molecule has 0 unspecified atom stereocenters. The molecule has 0 heterocycles. The standard InChI is InChI=1S/C16H29N3O2/c17-12-15(7-3-1-4-8-15)11-13(20)19-16(14(18)21)9-5-2-6-10-16/h1-12,17H2,(H2,18,21)(H,19,20). The van der Waals surface area contributed by atoms with E-state index in [9.17, 15) is 9.59 Å². The van der Waals surface area contributed by atoms with Gasteiger partial charge in [0.25, 0.3) is 0 Å². The van der Waals surface area contributed by atoms with Gasteiger partial charge in [-0.25, -0.2) is 0 Å². The quantitative estimate of drug-likeness (QED) is 0.718. The average Bonchev–Trinajstić information content (AvgIpc) is 2.48. The third-order valence-electron chi connectivity index (χ3n) is 5.44. The first-order chi connectivity index (χ1) is 10.0. The van der Waals surface area contributed by atoms with Crippen molar-refractivity contribution in [2.24, 2.45) is 16.9 Å². The van der Waals surface area contributed by atoms with Gasteiger partial charge in [-0.15, -0.1) is 0 Å². The number of nitrogens with two attached hydrogens (primary N) is 2. The molecule has 0 aromatic carbocycles. The van der Waals surface area contributed by atoms with Crippen LogP contribution in [0.15, 0.2) is 0 Å². The lowest BCUT2D eigenvalue weighted by Crippen LogP contribution is -2.59. The monoisotopic (exact) mass is 295 g/mol. The Labute approximate surface area is 127 Å².